The van der Waals surface area contributed by atoms with Gasteiger partial charge in [-0.25, -0.2) is 9.59 Å². The fraction of sp³-hybridized carbons (Fsp3) is 0.333. The number of benzene rings is 2. The third kappa shape index (κ3) is 6.95. The van der Waals surface area contributed by atoms with Crippen LogP contribution in [0.2, 0.25) is 0 Å². The molecule has 2 unspecified atom stereocenters. The van der Waals surface area contributed by atoms with Gasteiger partial charge >= 0.3 is 11.9 Å². The molecule has 160 valence electrons. The fourth-order valence-electron chi connectivity index (χ4n) is 2.65. The largest absolute Gasteiger partial charge is 0.490 e. The third-order valence-corrected chi connectivity index (χ3v) is 4.46. The topological polar surface area (TPSA) is 71.1 Å². The van der Waals surface area contributed by atoms with E-state index in [0.29, 0.717) is 24.3 Å². The minimum absolute atomic E-state index is 0.268. The summed E-state index contributed by atoms with van der Waals surface area (Å²) in [5.74, 6) is 0.459. The van der Waals surface area contributed by atoms with Crippen LogP contribution < -0.4 is 9.47 Å². The molecule has 0 saturated carbocycles. The van der Waals surface area contributed by atoms with Crippen LogP contribution in [0.25, 0.3) is 10.8 Å². The van der Waals surface area contributed by atoms with E-state index in [1.54, 1.807) is 0 Å². The van der Waals surface area contributed by atoms with Gasteiger partial charge in [-0.15, -0.1) is 0 Å². The summed E-state index contributed by atoms with van der Waals surface area (Å²) in [7, 11) is 0. The predicted molar refractivity (Wildman–Crippen MR) is 116 cm³/mol. The Kier molecular flexibility index (Phi) is 8.94. The van der Waals surface area contributed by atoms with Crippen molar-refractivity contribution in [2.75, 3.05) is 13.2 Å². The standard InChI is InChI=1S/C24H28O6/c1-5-19(29-23(25)7-3)15-27-21-11-9-18-14-22(12-10-17(18)13-21)28-16-20(6-2)30-24(26)8-4/h7-14,19-20H,3-6,15-16H2,1-2H3. The lowest BCUT2D eigenvalue weighted by molar-refractivity contribution is -0.145. The first kappa shape index (κ1) is 23.0. The van der Waals surface area contributed by atoms with Gasteiger partial charge in [0, 0.05) is 12.2 Å². The quantitative estimate of drug-likeness (QED) is 0.374. The van der Waals surface area contributed by atoms with Gasteiger partial charge in [0.2, 0.25) is 0 Å². The van der Waals surface area contributed by atoms with Crippen molar-refractivity contribution < 1.29 is 28.5 Å². The molecule has 0 fully saturated rings. The summed E-state index contributed by atoms with van der Waals surface area (Å²) in [5, 5.41) is 1.97. The first-order valence-corrected chi connectivity index (χ1v) is 9.94. The highest BCUT2D eigenvalue weighted by Gasteiger charge is 2.13. The highest BCUT2D eigenvalue weighted by Crippen LogP contribution is 2.25. The second-order valence-corrected chi connectivity index (χ2v) is 6.64. The molecular weight excluding hydrogens is 384 g/mol. The van der Waals surface area contributed by atoms with E-state index in [9.17, 15) is 9.59 Å². The molecule has 0 heterocycles. The fourth-order valence-corrected chi connectivity index (χ4v) is 2.65. The van der Waals surface area contributed by atoms with Gasteiger partial charge in [-0.1, -0.05) is 39.1 Å². The molecular formula is C24H28O6. The molecule has 30 heavy (non-hydrogen) atoms. The van der Waals surface area contributed by atoms with Gasteiger partial charge in [0.1, 0.15) is 36.9 Å². The molecule has 0 N–H and O–H groups in total. The van der Waals surface area contributed by atoms with E-state index in [4.69, 9.17) is 18.9 Å². The van der Waals surface area contributed by atoms with E-state index in [2.05, 4.69) is 13.2 Å². The predicted octanol–water partition coefficient (Wildman–Crippen LogP) is 4.61. The number of carbonyl (C=O) groups excluding carboxylic acids is 2. The van der Waals surface area contributed by atoms with E-state index < -0.39 is 11.9 Å². The van der Waals surface area contributed by atoms with Gasteiger partial charge in [0.15, 0.2) is 0 Å². The zero-order valence-corrected chi connectivity index (χ0v) is 17.5. The summed E-state index contributed by atoms with van der Waals surface area (Å²) in [5.41, 5.74) is 0. The number of ether oxygens (including phenoxy) is 4. The maximum atomic E-state index is 11.3. The molecule has 2 rings (SSSR count). The Balaban J connectivity index is 1.98. The van der Waals surface area contributed by atoms with E-state index >= 15 is 0 Å². The Morgan fingerprint density at radius 3 is 1.53 bits per heavy atom. The first-order chi connectivity index (χ1) is 14.5. The van der Waals surface area contributed by atoms with E-state index in [-0.39, 0.29) is 25.4 Å². The van der Waals surface area contributed by atoms with Crippen molar-refractivity contribution >= 4 is 22.7 Å². The number of rotatable bonds is 12. The van der Waals surface area contributed by atoms with E-state index in [1.165, 1.54) is 0 Å². The molecule has 6 heteroatoms. The van der Waals surface area contributed by atoms with Crippen molar-refractivity contribution in [3.05, 3.63) is 61.7 Å². The van der Waals surface area contributed by atoms with Crippen LogP contribution in [0, 0.1) is 0 Å². The number of carbonyl (C=O) groups is 2. The Morgan fingerprint density at radius 2 is 1.20 bits per heavy atom. The summed E-state index contributed by atoms with van der Waals surface area (Å²) < 4.78 is 22.0. The van der Waals surface area contributed by atoms with Crippen molar-refractivity contribution in [3.8, 4) is 11.5 Å². The molecule has 0 amide bonds. The molecule has 0 aliphatic carbocycles. The Morgan fingerprint density at radius 1 is 0.800 bits per heavy atom. The highest BCUT2D eigenvalue weighted by atomic mass is 16.6. The second kappa shape index (κ2) is 11.7. The van der Waals surface area contributed by atoms with Crippen LogP contribution in [0.15, 0.2) is 61.7 Å². The molecule has 2 atom stereocenters. The lowest BCUT2D eigenvalue weighted by atomic mass is 10.1. The van der Waals surface area contributed by atoms with Crippen LogP contribution in [0.5, 0.6) is 11.5 Å². The second-order valence-electron chi connectivity index (χ2n) is 6.64. The molecule has 2 aromatic carbocycles. The van der Waals surface area contributed by atoms with Gasteiger partial charge in [0.05, 0.1) is 0 Å². The van der Waals surface area contributed by atoms with E-state index in [0.717, 1.165) is 22.9 Å². The average Bonchev–Trinajstić information content (AvgIpc) is 2.78. The molecule has 0 aliphatic rings. The van der Waals surface area contributed by atoms with Gasteiger partial charge in [-0.05, 0) is 47.9 Å². The Hall–Kier alpha value is -3.28. The van der Waals surface area contributed by atoms with E-state index in [1.807, 2.05) is 50.2 Å². The van der Waals surface area contributed by atoms with Crippen molar-refractivity contribution in [2.24, 2.45) is 0 Å². The number of esters is 2. The molecule has 0 radical (unpaired) electrons. The van der Waals surface area contributed by atoms with Gasteiger partial charge in [-0.3, -0.25) is 0 Å². The summed E-state index contributed by atoms with van der Waals surface area (Å²) in [6.45, 7) is 11.2. The zero-order valence-electron chi connectivity index (χ0n) is 17.5. The number of hydrogen-bond acceptors (Lipinski definition) is 6. The van der Waals surface area contributed by atoms with Crippen LogP contribution in [0.1, 0.15) is 26.7 Å². The Bertz CT molecular complexity index is 815. The Labute approximate surface area is 177 Å². The minimum Gasteiger partial charge on any atom is -0.490 e. The smallest absolute Gasteiger partial charge is 0.330 e. The molecule has 2 aromatic rings. The summed E-state index contributed by atoms with van der Waals surface area (Å²) >= 11 is 0. The SMILES string of the molecule is C=CC(=O)OC(CC)COc1ccc2cc(OCC(CC)OC(=O)C=C)ccc2c1. The van der Waals surface area contributed by atoms with Crippen LogP contribution in [-0.2, 0) is 19.1 Å². The summed E-state index contributed by atoms with van der Waals surface area (Å²) in [6, 6.07) is 11.4. The summed E-state index contributed by atoms with van der Waals surface area (Å²) in [6.07, 6.45) is 2.92. The molecule has 6 nitrogen and oxygen atoms in total. The van der Waals surface area contributed by atoms with Crippen LogP contribution >= 0.6 is 0 Å². The van der Waals surface area contributed by atoms with Gasteiger partial charge < -0.3 is 18.9 Å². The van der Waals surface area contributed by atoms with Gasteiger partial charge in [-0.2, -0.15) is 0 Å². The molecule has 0 aliphatic heterocycles. The van der Waals surface area contributed by atoms with Crippen LogP contribution in [-0.4, -0.2) is 37.4 Å². The summed E-state index contributed by atoms with van der Waals surface area (Å²) in [4.78, 5) is 22.7. The van der Waals surface area contributed by atoms with Crippen LogP contribution in [0.3, 0.4) is 0 Å². The first-order valence-electron chi connectivity index (χ1n) is 9.94. The van der Waals surface area contributed by atoms with Crippen molar-refractivity contribution in [1.29, 1.82) is 0 Å². The number of hydrogen-bond donors (Lipinski definition) is 0. The zero-order chi connectivity index (χ0) is 21.9. The molecule has 0 spiro atoms. The third-order valence-electron chi connectivity index (χ3n) is 4.46. The lowest BCUT2D eigenvalue weighted by Gasteiger charge is -2.17. The minimum atomic E-state index is -0.457. The highest BCUT2D eigenvalue weighted by molar-refractivity contribution is 5.85. The normalized spacial score (nSPS) is 12.5. The molecule has 0 aromatic heterocycles. The molecule has 0 saturated heterocycles. The maximum Gasteiger partial charge on any atom is 0.330 e. The number of fused-ring (bicyclic) bond motifs is 1. The maximum absolute atomic E-state index is 11.3. The van der Waals surface area contributed by atoms with Crippen LogP contribution in [0.4, 0.5) is 0 Å². The van der Waals surface area contributed by atoms with Crippen molar-refractivity contribution in [1.82, 2.24) is 0 Å². The molecule has 0 bridgehead atoms. The van der Waals surface area contributed by atoms with Gasteiger partial charge in [0.25, 0.3) is 0 Å². The van der Waals surface area contributed by atoms with Crippen molar-refractivity contribution in [2.45, 2.75) is 38.9 Å². The lowest BCUT2D eigenvalue weighted by Crippen LogP contribution is -2.23. The van der Waals surface area contributed by atoms with Crippen molar-refractivity contribution in [3.63, 3.8) is 0 Å². The monoisotopic (exact) mass is 412 g/mol. The average molecular weight is 412 g/mol.